The molecular formula is C16H16BrNO2S. The van der Waals surface area contributed by atoms with Crippen LogP contribution in [0.15, 0.2) is 33.7 Å². The van der Waals surface area contributed by atoms with Crippen molar-refractivity contribution < 1.29 is 9.53 Å². The molecule has 0 bridgehead atoms. The zero-order valence-electron chi connectivity index (χ0n) is 12.1. The predicted octanol–water partition coefficient (Wildman–Crippen LogP) is 5.05. The summed E-state index contributed by atoms with van der Waals surface area (Å²) in [6, 6.07) is 7.84. The Labute approximate surface area is 136 Å². The number of rotatable bonds is 4. The van der Waals surface area contributed by atoms with Crippen LogP contribution in [0.1, 0.15) is 33.3 Å². The molecule has 2 aromatic rings. The van der Waals surface area contributed by atoms with E-state index in [1.54, 1.807) is 13.1 Å². The van der Waals surface area contributed by atoms with E-state index in [1.165, 1.54) is 11.3 Å². The second kappa shape index (κ2) is 7.00. The third kappa shape index (κ3) is 3.80. The van der Waals surface area contributed by atoms with Crippen LogP contribution in [-0.2, 0) is 4.74 Å². The van der Waals surface area contributed by atoms with Gasteiger partial charge < -0.3 is 4.74 Å². The van der Waals surface area contributed by atoms with Gasteiger partial charge in [-0.15, -0.1) is 11.3 Å². The Morgan fingerprint density at radius 2 is 2.19 bits per heavy atom. The standard InChI is InChI=1S/C16H16BrNO2S/c1-4-20-16(19)14-10(2)11(3)21-15(14)18-9-12-6-5-7-13(17)8-12/h5-9H,4H2,1-3H3. The van der Waals surface area contributed by atoms with Crippen LogP contribution in [0.25, 0.3) is 0 Å². The van der Waals surface area contributed by atoms with Crippen LogP contribution < -0.4 is 0 Å². The van der Waals surface area contributed by atoms with E-state index in [-0.39, 0.29) is 5.97 Å². The minimum absolute atomic E-state index is 0.305. The Morgan fingerprint density at radius 1 is 1.43 bits per heavy atom. The van der Waals surface area contributed by atoms with Crippen LogP contribution in [0.3, 0.4) is 0 Å². The number of nitrogens with zero attached hydrogens (tertiary/aromatic N) is 1. The summed E-state index contributed by atoms with van der Waals surface area (Å²) in [5.41, 5.74) is 2.49. The highest BCUT2D eigenvalue weighted by Crippen LogP contribution is 2.35. The van der Waals surface area contributed by atoms with Crippen molar-refractivity contribution in [1.29, 1.82) is 0 Å². The molecule has 0 saturated carbocycles. The van der Waals surface area contributed by atoms with Gasteiger partial charge in [0, 0.05) is 15.6 Å². The quantitative estimate of drug-likeness (QED) is 0.561. The van der Waals surface area contributed by atoms with E-state index in [9.17, 15) is 4.79 Å². The molecule has 0 unspecified atom stereocenters. The van der Waals surface area contributed by atoms with Gasteiger partial charge in [-0.3, -0.25) is 0 Å². The van der Waals surface area contributed by atoms with E-state index in [2.05, 4.69) is 20.9 Å². The number of thiophene rings is 1. The van der Waals surface area contributed by atoms with E-state index >= 15 is 0 Å². The molecule has 0 atom stereocenters. The summed E-state index contributed by atoms with van der Waals surface area (Å²) >= 11 is 4.94. The Bertz CT molecular complexity index is 692. The molecule has 1 aromatic heterocycles. The number of aliphatic imine (C=N–C) groups is 1. The average Bonchev–Trinajstić information content (AvgIpc) is 2.72. The van der Waals surface area contributed by atoms with E-state index in [0.29, 0.717) is 17.2 Å². The maximum absolute atomic E-state index is 12.1. The summed E-state index contributed by atoms with van der Waals surface area (Å²) < 4.78 is 6.12. The number of esters is 1. The van der Waals surface area contributed by atoms with Gasteiger partial charge in [0.15, 0.2) is 0 Å². The average molecular weight is 366 g/mol. The summed E-state index contributed by atoms with van der Waals surface area (Å²) in [7, 11) is 0. The summed E-state index contributed by atoms with van der Waals surface area (Å²) in [5.74, 6) is -0.305. The van der Waals surface area contributed by atoms with Crippen LogP contribution in [0.5, 0.6) is 0 Å². The highest BCUT2D eigenvalue weighted by molar-refractivity contribution is 9.10. The highest BCUT2D eigenvalue weighted by atomic mass is 79.9. The van der Waals surface area contributed by atoms with Crippen LogP contribution >= 0.6 is 27.3 Å². The Morgan fingerprint density at radius 3 is 2.86 bits per heavy atom. The van der Waals surface area contributed by atoms with E-state index < -0.39 is 0 Å². The molecule has 0 N–H and O–H groups in total. The number of benzene rings is 1. The Kier molecular flexibility index (Phi) is 5.31. The zero-order valence-corrected chi connectivity index (χ0v) is 14.5. The number of halogens is 1. The maximum atomic E-state index is 12.1. The SMILES string of the molecule is CCOC(=O)c1c(N=Cc2cccc(Br)c2)sc(C)c1C. The molecule has 0 aliphatic heterocycles. The number of aryl methyl sites for hydroxylation is 1. The maximum Gasteiger partial charge on any atom is 0.341 e. The molecule has 0 aliphatic rings. The first-order valence-electron chi connectivity index (χ1n) is 6.59. The molecule has 0 aliphatic carbocycles. The van der Waals surface area contributed by atoms with Gasteiger partial charge in [-0.1, -0.05) is 28.1 Å². The van der Waals surface area contributed by atoms with Gasteiger partial charge in [0.25, 0.3) is 0 Å². The summed E-state index contributed by atoms with van der Waals surface area (Å²) in [6.07, 6.45) is 1.76. The van der Waals surface area contributed by atoms with Crippen molar-refractivity contribution in [1.82, 2.24) is 0 Å². The zero-order chi connectivity index (χ0) is 15.4. The fraction of sp³-hybridized carbons (Fsp3) is 0.250. The minimum atomic E-state index is -0.305. The summed E-state index contributed by atoms with van der Waals surface area (Å²) in [5, 5.41) is 0.698. The van der Waals surface area contributed by atoms with Gasteiger partial charge >= 0.3 is 5.97 Å². The molecular weight excluding hydrogens is 350 g/mol. The molecule has 0 saturated heterocycles. The largest absolute Gasteiger partial charge is 0.462 e. The van der Waals surface area contributed by atoms with Crippen molar-refractivity contribution in [2.75, 3.05) is 6.61 Å². The van der Waals surface area contributed by atoms with E-state index in [1.807, 2.05) is 38.1 Å². The normalized spacial score (nSPS) is 11.0. The monoisotopic (exact) mass is 365 g/mol. The molecule has 0 radical (unpaired) electrons. The van der Waals surface area contributed by atoms with Crippen LogP contribution in [0.4, 0.5) is 5.00 Å². The van der Waals surface area contributed by atoms with Gasteiger partial charge in [-0.2, -0.15) is 0 Å². The molecule has 0 fully saturated rings. The smallest absolute Gasteiger partial charge is 0.341 e. The van der Waals surface area contributed by atoms with E-state index in [4.69, 9.17) is 4.74 Å². The van der Waals surface area contributed by atoms with Crippen molar-refractivity contribution in [2.45, 2.75) is 20.8 Å². The van der Waals surface area contributed by atoms with Crippen LogP contribution in [0.2, 0.25) is 0 Å². The molecule has 5 heteroatoms. The molecule has 3 nitrogen and oxygen atoms in total. The van der Waals surface area contributed by atoms with Gasteiger partial charge in [-0.25, -0.2) is 9.79 Å². The molecule has 0 amide bonds. The molecule has 21 heavy (non-hydrogen) atoms. The Balaban J connectivity index is 2.36. The molecule has 1 heterocycles. The first kappa shape index (κ1) is 15.9. The van der Waals surface area contributed by atoms with Gasteiger partial charge in [0.1, 0.15) is 5.00 Å². The molecule has 2 rings (SSSR count). The Hall–Kier alpha value is -1.46. The van der Waals surface area contributed by atoms with E-state index in [0.717, 1.165) is 20.5 Å². The number of carbonyl (C=O) groups excluding carboxylic acids is 1. The van der Waals surface area contributed by atoms with Crippen LogP contribution in [0, 0.1) is 13.8 Å². The third-order valence-corrected chi connectivity index (χ3v) is 4.63. The molecule has 1 aromatic carbocycles. The van der Waals surface area contributed by atoms with Crippen molar-refractivity contribution in [3.8, 4) is 0 Å². The van der Waals surface area contributed by atoms with Crippen molar-refractivity contribution in [3.05, 3.63) is 50.3 Å². The predicted molar refractivity (Wildman–Crippen MR) is 91.1 cm³/mol. The minimum Gasteiger partial charge on any atom is -0.462 e. The van der Waals surface area contributed by atoms with Gasteiger partial charge in [-0.05, 0) is 44.0 Å². The van der Waals surface area contributed by atoms with Crippen molar-refractivity contribution in [3.63, 3.8) is 0 Å². The number of hydrogen-bond donors (Lipinski definition) is 0. The van der Waals surface area contributed by atoms with Crippen molar-refractivity contribution in [2.24, 2.45) is 4.99 Å². The highest BCUT2D eigenvalue weighted by Gasteiger charge is 2.19. The topological polar surface area (TPSA) is 38.7 Å². The molecule has 110 valence electrons. The third-order valence-electron chi connectivity index (χ3n) is 3.03. The first-order chi connectivity index (χ1) is 10.0. The summed E-state index contributed by atoms with van der Waals surface area (Å²) in [4.78, 5) is 17.6. The van der Waals surface area contributed by atoms with Gasteiger partial charge in [0.2, 0.25) is 0 Å². The fourth-order valence-electron chi connectivity index (χ4n) is 1.86. The number of carbonyl (C=O) groups is 1. The molecule has 0 spiro atoms. The lowest BCUT2D eigenvalue weighted by atomic mass is 10.1. The second-order valence-corrected chi connectivity index (χ2v) is 6.62. The lowest BCUT2D eigenvalue weighted by molar-refractivity contribution is 0.0527. The first-order valence-corrected chi connectivity index (χ1v) is 8.20. The lowest BCUT2D eigenvalue weighted by Crippen LogP contribution is -2.05. The fourth-order valence-corrected chi connectivity index (χ4v) is 3.27. The van der Waals surface area contributed by atoms with Crippen molar-refractivity contribution >= 4 is 44.5 Å². The number of hydrogen-bond acceptors (Lipinski definition) is 4. The number of ether oxygens (including phenoxy) is 1. The summed E-state index contributed by atoms with van der Waals surface area (Å²) in [6.45, 7) is 6.08. The van der Waals surface area contributed by atoms with Gasteiger partial charge in [0.05, 0.1) is 12.2 Å². The second-order valence-electron chi connectivity index (χ2n) is 4.50. The lowest BCUT2D eigenvalue weighted by Gasteiger charge is -2.02. The van der Waals surface area contributed by atoms with Crippen LogP contribution in [-0.4, -0.2) is 18.8 Å².